The lowest BCUT2D eigenvalue weighted by Crippen LogP contribution is -2.44. The number of aliphatic hydroxyl groups is 1. The first-order chi connectivity index (χ1) is 8.17. The molecule has 0 saturated heterocycles. The summed E-state index contributed by atoms with van der Waals surface area (Å²) in [6.07, 6.45) is 6.38. The van der Waals surface area contributed by atoms with Crippen LogP contribution in [0.3, 0.4) is 0 Å². The molecule has 0 aromatic heterocycles. The molecule has 4 nitrogen and oxygen atoms in total. The van der Waals surface area contributed by atoms with Gasteiger partial charge in [0.1, 0.15) is 6.10 Å². The molecule has 1 rings (SSSR count). The number of aliphatic hydroxyl groups excluding tert-OH is 1. The summed E-state index contributed by atoms with van der Waals surface area (Å²) >= 11 is 0. The van der Waals surface area contributed by atoms with E-state index in [2.05, 4.69) is 5.32 Å². The average molecular weight is 243 g/mol. The number of nitrogens with one attached hydrogen (secondary N) is 1. The molecule has 100 valence electrons. The van der Waals surface area contributed by atoms with Crippen LogP contribution < -0.4 is 5.32 Å². The summed E-state index contributed by atoms with van der Waals surface area (Å²) in [7, 11) is 0. The summed E-state index contributed by atoms with van der Waals surface area (Å²) in [6.45, 7) is 3.70. The van der Waals surface area contributed by atoms with Gasteiger partial charge in [0.25, 0.3) is 0 Å². The van der Waals surface area contributed by atoms with E-state index in [1.165, 1.54) is 19.3 Å². The van der Waals surface area contributed by atoms with E-state index in [4.69, 9.17) is 9.84 Å². The molecule has 4 heteroatoms. The van der Waals surface area contributed by atoms with Crippen LogP contribution in [-0.2, 0) is 9.53 Å². The van der Waals surface area contributed by atoms with E-state index in [-0.39, 0.29) is 30.8 Å². The third-order valence-corrected chi connectivity index (χ3v) is 3.23. The zero-order valence-corrected chi connectivity index (χ0v) is 10.9. The van der Waals surface area contributed by atoms with Crippen molar-refractivity contribution in [1.82, 2.24) is 5.32 Å². The van der Waals surface area contributed by atoms with Crippen LogP contribution in [0.5, 0.6) is 0 Å². The Kier molecular flexibility index (Phi) is 6.52. The Hall–Kier alpha value is -0.610. The molecule has 0 aliphatic heterocycles. The Bertz CT molecular complexity index is 227. The second-order valence-corrected chi connectivity index (χ2v) is 4.89. The minimum absolute atomic E-state index is 0.0361. The third-order valence-electron chi connectivity index (χ3n) is 3.23. The highest BCUT2D eigenvalue weighted by atomic mass is 16.5. The first-order valence-corrected chi connectivity index (χ1v) is 6.74. The molecule has 2 atom stereocenters. The Labute approximate surface area is 104 Å². The lowest BCUT2D eigenvalue weighted by molar-refractivity contribution is -0.139. The van der Waals surface area contributed by atoms with E-state index in [1.807, 2.05) is 6.92 Å². The summed E-state index contributed by atoms with van der Waals surface area (Å²) < 4.78 is 5.85. The van der Waals surface area contributed by atoms with Gasteiger partial charge in [-0.2, -0.15) is 0 Å². The minimum atomic E-state index is -0.368. The number of hydrogen-bond donors (Lipinski definition) is 2. The molecule has 2 unspecified atom stereocenters. The standard InChI is InChI=1S/C13H25NO3/c1-3-12(13(16)14-10(2)9-15)17-11-7-5-4-6-8-11/h10-12,15H,3-9H2,1-2H3,(H,14,16). The van der Waals surface area contributed by atoms with Crippen LogP contribution in [0.1, 0.15) is 52.4 Å². The monoisotopic (exact) mass is 243 g/mol. The van der Waals surface area contributed by atoms with Crippen LogP contribution >= 0.6 is 0 Å². The molecule has 17 heavy (non-hydrogen) atoms. The van der Waals surface area contributed by atoms with Crippen molar-refractivity contribution in [2.75, 3.05) is 6.61 Å². The van der Waals surface area contributed by atoms with Crippen molar-refractivity contribution in [3.63, 3.8) is 0 Å². The lowest BCUT2D eigenvalue weighted by Gasteiger charge is -2.27. The van der Waals surface area contributed by atoms with Gasteiger partial charge >= 0.3 is 0 Å². The van der Waals surface area contributed by atoms with Crippen molar-refractivity contribution in [1.29, 1.82) is 0 Å². The molecule has 0 bridgehead atoms. The fraction of sp³-hybridized carbons (Fsp3) is 0.923. The van der Waals surface area contributed by atoms with Gasteiger partial charge in [-0.25, -0.2) is 0 Å². The number of ether oxygens (including phenoxy) is 1. The van der Waals surface area contributed by atoms with Crippen LogP contribution in [-0.4, -0.2) is 35.9 Å². The van der Waals surface area contributed by atoms with Crippen molar-refractivity contribution in [3.8, 4) is 0 Å². The maximum absolute atomic E-state index is 11.9. The quantitative estimate of drug-likeness (QED) is 0.745. The lowest BCUT2D eigenvalue weighted by atomic mass is 9.97. The third kappa shape index (κ3) is 5.04. The van der Waals surface area contributed by atoms with Crippen molar-refractivity contribution in [2.24, 2.45) is 0 Å². The van der Waals surface area contributed by atoms with Gasteiger partial charge in [0.05, 0.1) is 12.7 Å². The van der Waals surface area contributed by atoms with Gasteiger partial charge < -0.3 is 15.2 Å². The average Bonchev–Trinajstić information content (AvgIpc) is 2.36. The van der Waals surface area contributed by atoms with Gasteiger partial charge in [-0.3, -0.25) is 4.79 Å². The van der Waals surface area contributed by atoms with E-state index >= 15 is 0 Å². The Morgan fingerprint density at radius 1 is 1.41 bits per heavy atom. The summed E-state index contributed by atoms with van der Waals surface area (Å²) in [6, 6.07) is -0.202. The first-order valence-electron chi connectivity index (χ1n) is 6.74. The van der Waals surface area contributed by atoms with Crippen LogP contribution in [0.4, 0.5) is 0 Å². The smallest absolute Gasteiger partial charge is 0.249 e. The number of rotatable bonds is 6. The molecule has 1 amide bonds. The molecular weight excluding hydrogens is 218 g/mol. The summed E-state index contributed by atoms with van der Waals surface area (Å²) in [5.74, 6) is -0.0976. The fourth-order valence-electron chi connectivity index (χ4n) is 2.16. The molecule has 1 aliphatic carbocycles. The van der Waals surface area contributed by atoms with Crippen LogP contribution in [0.25, 0.3) is 0 Å². The second kappa shape index (κ2) is 7.67. The van der Waals surface area contributed by atoms with Crippen LogP contribution in [0, 0.1) is 0 Å². The number of carbonyl (C=O) groups is 1. The highest BCUT2D eigenvalue weighted by Gasteiger charge is 2.23. The van der Waals surface area contributed by atoms with Gasteiger partial charge in [0, 0.05) is 6.04 Å². The largest absolute Gasteiger partial charge is 0.394 e. The van der Waals surface area contributed by atoms with Crippen molar-refractivity contribution in [2.45, 2.75) is 70.6 Å². The SMILES string of the molecule is CCC(OC1CCCCC1)C(=O)NC(C)CO. The first kappa shape index (κ1) is 14.5. The van der Waals surface area contributed by atoms with Crippen molar-refractivity contribution in [3.05, 3.63) is 0 Å². The summed E-state index contributed by atoms with van der Waals surface area (Å²) in [4.78, 5) is 11.9. The van der Waals surface area contributed by atoms with Crippen LogP contribution in [0.2, 0.25) is 0 Å². The normalized spacial score (nSPS) is 20.9. The Balaban J connectivity index is 2.37. The highest BCUT2D eigenvalue weighted by Crippen LogP contribution is 2.22. The molecule has 0 spiro atoms. The van der Waals surface area contributed by atoms with Gasteiger partial charge in [0.2, 0.25) is 5.91 Å². The van der Waals surface area contributed by atoms with E-state index in [1.54, 1.807) is 6.92 Å². The predicted octanol–water partition coefficient (Wildman–Crippen LogP) is 1.61. The van der Waals surface area contributed by atoms with Gasteiger partial charge in [0.15, 0.2) is 0 Å². The zero-order valence-electron chi connectivity index (χ0n) is 10.9. The molecule has 0 aromatic carbocycles. The highest BCUT2D eigenvalue weighted by molar-refractivity contribution is 5.81. The van der Waals surface area contributed by atoms with Crippen molar-refractivity contribution >= 4 is 5.91 Å². The summed E-state index contributed by atoms with van der Waals surface area (Å²) in [5, 5.41) is 11.7. The Morgan fingerprint density at radius 3 is 2.59 bits per heavy atom. The van der Waals surface area contributed by atoms with Gasteiger partial charge in [-0.05, 0) is 26.2 Å². The van der Waals surface area contributed by atoms with E-state index in [9.17, 15) is 4.79 Å². The van der Waals surface area contributed by atoms with Crippen LogP contribution in [0.15, 0.2) is 0 Å². The zero-order chi connectivity index (χ0) is 12.7. The Morgan fingerprint density at radius 2 is 2.06 bits per heavy atom. The molecule has 0 radical (unpaired) electrons. The van der Waals surface area contributed by atoms with Gasteiger partial charge in [-0.1, -0.05) is 26.2 Å². The van der Waals surface area contributed by atoms with Gasteiger partial charge in [-0.15, -0.1) is 0 Å². The molecular formula is C13H25NO3. The van der Waals surface area contributed by atoms with Crippen molar-refractivity contribution < 1.29 is 14.6 Å². The molecule has 1 saturated carbocycles. The molecule has 0 heterocycles. The predicted molar refractivity (Wildman–Crippen MR) is 66.7 cm³/mol. The van der Waals surface area contributed by atoms with E-state index in [0.29, 0.717) is 6.42 Å². The molecule has 1 fully saturated rings. The minimum Gasteiger partial charge on any atom is -0.394 e. The van der Waals surface area contributed by atoms with E-state index in [0.717, 1.165) is 12.8 Å². The molecule has 1 aliphatic rings. The maximum Gasteiger partial charge on any atom is 0.249 e. The fourth-order valence-corrected chi connectivity index (χ4v) is 2.16. The maximum atomic E-state index is 11.9. The number of hydrogen-bond acceptors (Lipinski definition) is 3. The van der Waals surface area contributed by atoms with E-state index < -0.39 is 0 Å². The number of amides is 1. The second-order valence-electron chi connectivity index (χ2n) is 4.89. The molecule has 0 aromatic rings. The topological polar surface area (TPSA) is 58.6 Å². The summed E-state index contributed by atoms with van der Waals surface area (Å²) in [5.41, 5.74) is 0. The molecule has 2 N–H and O–H groups in total. The number of carbonyl (C=O) groups excluding carboxylic acids is 1.